The summed E-state index contributed by atoms with van der Waals surface area (Å²) >= 11 is 0. The lowest BCUT2D eigenvalue weighted by Crippen LogP contribution is -2.47. The molecule has 0 radical (unpaired) electrons. The highest BCUT2D eigenvalue weighted by atomic mass is 16.7. The van der Waals surface area contributed by atoms with Crippen LogP contribution in [0.2, 0.25) is 0 Å². The molecule has 7 heteroatoms. The zero-order chi connectivity index (χ0) is 16.9. The average molecular weight is 315 g/mol. The zero-order valence-corrected chi connectivity index (χ0v) is 13.8. The fraction of sp³-hybridized carbons (Fsp3) is 0.733. The van der Waals surface area contributed by atoms with E-state index in [1.54, 1.807) is 0 Å². The highest BCUT2D eigenvalue weighted by Gasteiger charge is 2.49. The largest absolute Gasteiger partial charge is 0.469 e. The highest BCUT2D eigenvalue weighted by Crippen LogP contribution is 2.39. The molecule has 1 rings (SSSR count). The molecule has 0 bridgehead atoms. The molecule has 1 heterocycles. The Kier molecular flexibility index (Phi) is 6.83. The third-order valence-electron chi connectivity index (χ3n) is 4.12. The second-order valence-corrected chi connectivity index (χ2v) is 5.35. The molecule has 3 atom stereocenters. The first-order valence-corrected chi connectivity index (χ1v) is 7.03. The minimum atomic E-state index is -0.668. The average Bonchev–Trinajstić information content (AvgIpc) is 2.87. The van der Waals surface area contributed by atoms with Gasteiger partial charge in [0.05, 0.1) is 26.7 Å². The van der Waals surface area contributed by atoms with E-state index in [9.17, 15) is 9.59 Å². The van der Waals surface area contributed by atoms with Gasteiger partial charge in [0.2, 0.25) is 0 Å². The Morgan fingerprint density at radius 3 is 2.18 bits per heavy atom. The predicted octanol–water partition coefficient (Wildman–Crippen LogP) is 1.43. The van der Waals surface area contributed by atoms with Crippen molar-refractivity contribution in [2.24, 2.45) is 11.8 Å². The van der Waals surface area contributed by atoms with Crippen LogP contribution in [0.1, 0.15) is 13.3 Å². The summed E-state index contributed by atoms with van der Waals surface area (Å²) in [5.74, 6) is -0.621. The smallest absolute Gasteiger partial charge is 0.409 e. The van der Waals surface area contributed by atoms with Crippen LogP contribution >= 0.6 is 0 Å². The van der Waals surface area contributed by atoms with E-state index in [0.717, 1.165) is 5.57 Å². The molecule has 1 amide bonds. The third kappa shape index (κ3) is 3.78. The summed E-state index contributed by atoms with van der Waals surface area (Å²) in [5.41, 5.74) is 0.885. The number of carbonyl (C=O) groups excluding carboxylic acids is 2. The standard InChI is InChI=1S/C15H25NO6/c1-9(2)11-8-16(15(18)22-6)13(14(20-4)21-5)10(11)7-12(17)19-3/h10-11,13-14H,1,7-8H2,2-6H3/t10-,11+,13+/m0/s1. The van der Waals surface area contributed by atoms with Gasteiger partial charge in [0, 0.05) is 32.6 Å². The first-order valence-electron chi connectivity index (χ1n) is 7.03. The number of hydrogen-bond donors (Lipinski definition) is 0. The third-order valence-corrected chi connectivity index (χ3v) is 4.12. The maximum atomic E-state index is 12.1. The second-order valence-electron chi connectivity index (χ2n) is 5.35. The number of methoxy groups -OCH3 is 4. The van der Waals surface area contributed by atoms with Crippen molar-refractivity contribution >= 4 is 12.1 Å². The van der Waals surface area contributed by atoms with E-state index < -0.39 is 18.4 Å². The number of ether oxygens (including phenoxy) is 4. The van der Waals surface area contributed by atoms with Gasteiger partial charge in [-0.3, -0.25) is 9.69 Å². The second kappa shape index (κ2) is 8.14. The minimum absolute atomic E-state index is 0.0593. The van der Waals surface area contributed by atoms with Gasteiger partial charge in [-0.05, 0) is 6.92 Å². The molecule has 0 aromatic carbocycles. The number of likely N-dealkylation sites (tertiary alicyclic amines) is 1. The quantitative estimate of drug-likeness (QED) is 0.419. The molecule has 1 fully saturated rings. The fourth-order valence-electron chi connectivity index (χ4n) is 3.04. The van der Waals surface area contributed by atoms with Crippen molar-refractivity contribution in [3.63, 3.8) is 0 Å². The molecule has 126 valence electrons. The van der Waals surface area contributed by atoms with E-state index in [1.165, 1.54) is 33.3 Å². The van der Waals surface area contributed by atoms with Gasteiger partial charge in [-0.2, -0.15) is 0 Å². The maximum Gasteiger partial charge on any atom is 0.409 e. The van der Waals surface area contributed by atoms with Crippen LogP contribution in [-0.2, 0) is 23.7 Å². The monoisotopic (exact) mass is 315 g/mol. The summed E-state index contributed by atoms with van der Waals surface area (Å²) in [5, 5.41) is 0. The van der Waals surface area contributed by atoms with Gasteiger partial charge in [-0.1, -0.05) is 12.2 Å². The van der Waals surface area contributed by atoms with Gasteiger partial charge < -0.3 is 18.9 Å². The molecular weight excluding hydrogens is 290 g/mol. The molecule has 0 saturated carbocycles. The van der Waals surface area contributed by atoms with Gasteiger partial charge in [0.1, 0.15) is 0 Å². The lowest BCUT2D eigenvalue weighted by atomic mass is 9.83. The predicted molar refractivity (Wildman–Crippen MR) is 79.1 cm³/mol. The SMILES string of the molecule is C=C(C)[C@H]1CN(C(=O)OC)[C@@H](C(OC)OC)[C@H]1CC(=O)OC. The number of esters is 1. The maximum absolute atomic E-state index is 12.1. The molecule has 0 spiro atoms. The summed E-state index contributed by atoms with van der Waals surface area (Å²) in [7, 11) is 5.64. The highest BCUT2D eigenvalue weighted by molar-refractivity contribution is 5.71. The van der Waals surface area contributed by atoms with E-state index >= 15 is 0 Å². The van der Waals surface area contributed by atoms with Crippen molar-refractivity contribution in [1.82, 2.24) is 4.90 Å². The van der Waals surface area contributed by atoms with Crippen molar-refractivity contribution in [1.29, 1.82) is 0 Å². The zero-order valence-electron chi connectivity index (χ0n) is 13.8. The number of rotatable bonds is 6. The van der Waals surface area contributed by atoms with Crippen LogP contribution in [0.5, 0.6) is 0 Å². The van der Waals surface area contributed by atoms with Crippen molar-refractivity contribution in [3.05, 3.63) is 12.2 Å². The van der Waals surface area contributed by atoms with Crippen LogP contribution in [0.25, 0.3) is 0 Å². The van der Waals surface area contributed by atoms with Gasteiger partial charge in [0.25, 0.3) is 0 Å². The Hall–Kier alpha value is -1.60. The topological polar surface area (TPSA) is 74.3 Å². The molecule has 7 nitrogen and oxygen atoms in total. The molecular formula is C15H25NO6. The van der Waals surface area contributed by atoms with Crippen LogP contribution in [0, 0.1) is 11.8 Å². The number of hydrogen-bond acceptors (Lipinski definition) is 6. The van der Waals surface area contributed by atoms with Crippen LogP contribution in [0.15, 0.2) is 12.2 Å². The summed E-state index contributed by atoms with van der Waals surface area (Å²) in [6, 6.07) is -0.455. The fourth-order valence-corrected chi connectivity index (χ4v) is 3.04. The Morgan fingerprint density at radius 1 is 1.18 bits per heavy atom. The first kappa shape index (κ1) is 18.4. The summed E-state index contributed by atoms with van der Waals surface area (Å²) in [6.45, 7) is 6.25. The molecule has 1 saturated heterocycles. The number of amides is 1. The molecule has 0 aromatic rings. The van der Waals surface area contributed by atoms with Crippen LogP contribution in [0.3, 0.4) is 0 Å². The summed E-state index contributed by atoms with van der Waals surface area (Å²) in [6.07, 6.45) is -1.00. The normalized spacial score (nSPS) is 24.5. The van der Waals surface area contributed by atoms with E-state index in [4.69, 9.17) is 18.9 Å². The van der Waals surface area contributed by atoms with Crippen LogP contribution in [-0.4, -0.2) is 64.3 Å². The van der Waals surface area contributed by atoms with Crippen LogP contribution < -0.4 is 0 Å². The van der Waals surface area contributed by atoms with Crippen molar-refractivity contribution in [2.75, 3.05) is 35.0 Å². The first-order chi connectivity index (χ1) is 10.4. The lowest BCUT2D eigenvalue weighted by molar-refractivity contribution is -0.153. The van der Waals surface area contributed by atoms with E-state index in [1.807, 2.05) is 6.92 Å². The Labute approximate surface area is 131 Å². The molecule has 0 aromatic heterocycles. The number of carbonyl (C=O) groups is 2. The van der Waals surface area contributed by atoms with Gasteiger partial charge in [0.15, 0.2) is 6.29 Å². The Morgan fingerprint density at radius 2 is 1.77 bits per heavy atom. The van der Waals surface area contributed by atoms with Crippen molar-refractivity contribution in [3.8, 4) is 0 Å². The van der Waals surface area contributed by atoms with E-state index in [2.05, 4.69) is 6.58 Å². The molecule has 1 aliphatic heterocycles. The Bertz CT molecular complexity index is 420. The number of nitrogens with zero attached hydrogens (tertiary/aromatic N) is 1. The Balaban J connectivity index is 3.18. The summed E-state index contributed by atoms with van der Waals surface area (Å²) in [4.78, 5) is 25.4. The van der Waals surface area contributed by atoms with E-state index in [-0.39, 0.29) is 24.2 Å². The van der Waals surface area contributed by atoms with Crippen molar-refractivity contribution < 1.29 is 28.5 Å². The molecule has 1 aliphatic rings. The minimum Gasteiger partial charge on any atom is -0.469 e. The molecule has 0 N–H and O–H groups in total. The van der Waals surface area contributed by atoms with Crippen molar-refractivity contribution in [2.45, 2.75) is 25.7 Å². The van der Waals surface area contributed by atoms with Gasteiger partial charge in [-0.25, -0.2) is 4.79 Å². The molecule has 22 heavy (non-hydrogen) atoms. The molecule has 0 aliphatic carbocycles. The lowest BCUT2D eigenvalue weighted by Gasteiger charge is -2.32. The molecule has 0 unspecified atom stereocenters. The van der Waals surface area contributed by atoms with Gasteiger partial charge in [-0.15, -0.1) is 0 Å². The van der Waals surface area contributed by atoms with Crippen LogP contribution in [0.4, 0.5) is 4.79 Å². The van der Waals surface area contributed by atoms with Gasteiger partial charge >= 0.3 is 12.1 Å². The van der Waals surface area contributed by atoms with E-state index in [0.29, 0.717) is 6.54 Å². The summed E-state index contributed by atoms with van der Waals surface area (Å²) < 4.78 is 20.3.